The summed E-state index contributed by atoms with van der Waals surface area (Å²) >= 11 is 5.81. The molecule has 0 saturated carbocycles. The van der Waals surface area contributed by atoms with E-state index in [0.29, 0.717) is 17.0 Å². The molecule has 0 atom stereocenters. The Morgan fingerprint density at radius 3 is 3.00 bits per heavy atom. The van der Waals surface area contributed by atoms with Gasteiger partial charge in [0.1, 0.15) is 0 Å². The highest BCUT2D eigenvalue weighted by atomic mass is 35.5. The third-order valence-electron chi connectivity index (χ3n) is 1.83. The van der Waals surface area contributed by atoms with Crippen molar-refractivity contribution >= 4 is 17.4 Å². The number of Topliss-reactive ketones (excluding diaryl/α,β-unsaturated/α-hetero) is 1. The Morgan fingerprint density at radius 2 is 2.38 bits per heavy atom. The molecule has 0 bridgehead atoms. The summed E-state index contributed by atoms with van der Waals surface area (Å²) in [5.74, 6) is 0.106. The van der Waals surface area contributed by atoms with Gasteiger partial charge >= 0.3 is 0 Å². The quantitative estimate of drug-likeness (QED) is 0.695. The van der Waals surface area contributed by atoms with E-state index >= 15 is 0 Å². The van der Waals surface area contributed by atoms with Crippen LogP contribution in [0.25, 0.3) is 0 Å². The molecule has 0 amide bonds. The molecule has 1 rings (SSSR count). The number of hydrogen-bond donors (Lipinski definition) is 0. The Hall–Kier alpha value is -0.890. The lowest BCUT2D eigenvalue weighted by molar-refractivity contribution is 0.0980. The van der Waals surface area contributed by atoms with Crippen LogP contribution in [0.3, 0.4) is 0 Å². The summed E-state index contributed by atoms with van der Waals surface area (Å²) in [4.78, 5) is 15.3. The van der Waals surface area contributed by atoms with Crippen LogP contribution in [0.5, 0.6) is 0 Å². The Morgan fingerprint density at radius 1 is 1.62 bits per heavy atom. The van der Waals surface area contributed by atoms with Crippen LogP contribution in [0, 0.1) is 0 Å². The van der Waals surface area contributed by atoms with Crippen LogP contribution in [-0.4, -0.2) is 10.8 Å². The molecular weight excluding hydrogens is 186 g/mol. The molecule has 1 aromatic rings. The van der Waals surface area contributed by atoms with Gasteiger partial charge in [-0.15, -0.1) is 0 Å². The fraction of sp³-hybridized carbons (Fsp3) is 0.400. The molecule has 0 N–H and O–H groups in total. The molecule has 0 radical (unpaired) electrons. The highest BCUT2D eigenvalue weighted by Gasteiger charge is 2.08. The van der Waals surface area contributed by atoms with Crippen molar-refractivity contribution in [2.75, 3.05) is 0 Å². The zero-order valence-corrected chi connectivity index (χ0v) is 8.34. The summed E-state index contributed by atoms with van der Waals surface area (Å²) in [7, 11) is 0. The molecule has 13 heavy (non-hydrogen) atoms. The molecule has 0 aromatic carbocycles. The maximum absolute atomic E-state index is 11.5. The van der Waals surface area contributed by atoms with Crippen LogP contribution >= 0.6 is 11.6 Å². The Labute approximate surface area is 82.9 Å². The molecule has 70 valence electrons. The molecule has 2 nitrogen and oxygen atoms in total. The third-order valence-corrected chi connectivity index (χ3v) is 2.13. The van der Waals surface area contributed by atoms with Crippen molar-refractivity contribution in [1.29, 1.82) is 0 Å². The van der Waals surface area contributed by atoms with Crippen LogP contribution in [0.4, 0.5) is 0 Å². The largest absolute Gasteiger partial charge is 0.294 e. The smallest absolute Gasteiger partial charge is 0.164 e. The van der Waals surface area contributed by atoms with Gasteiger partial charge in [0.25, 0.3) is 0 Å². The number of aromatic nitrogens is 1. The number of carbonyl (C=O) groups is 1. The van der Waals surface area contributed by atoms with Crippen molar-refractivity contribution in [1.82, 2.24) is 4.98 Å². The second-order valence-corrected chi connectivity index (χ2v) is 3.29. The first-order chi connectivity index (χ1) is 6.25. The van der Waals surface area contributed by atoms with Crippen LogP contribution in [0.1, 0.15) is 36.5 Å². The Bertz CT molecular complexity index is 299. The van der Waals surface area contributed by atoms with E-state index in [1.165, 1.54) is 6.20 Å². The number of unbranched alkanes of at least 4 members (excludes halogenated alkanes) is 1. The van der Waals surface area contributed by atoms with Crippen LogP contribution < -0.4 is 0 Å². The zero-order valence-electron chi connectivity index (χ0n) is 7.59. The molecule has 0 aliphatic rings. The fourth-order valence-electron chi connectivity index (χ4n) is 1.07. The van der Waals surface area contributed by atoms with Crippen molar-refractivity contribution in [3.63, 3.8) is 0 Å². The first kappa shape index (κ1) is 10.2. The number of nitrogens with zero attached hydrogens (tertiary/aromatic N) is 1. The van der Waals surface area contributed by atoms with E-state index in [1.54, 1.807) is 12.3 Å². The van der Waals surface area contributed by atoms with E-state index < -0.39 is 0 Å². The van der Waals surface area contributed by atoms with Gasteiger partial charge in [-0.05, 0) is 12.5 Å². The molecule has 0 spiro atoms. The van der Waals surface area contributed by atoms with Gasteiger partial charge < -0.3 is 0 Å². The van der Waals surface area contributed by atoms with E-state index in [2.05, 4.69) is 11.9 Å². The average Bonchev–Trinajstić information content (AvgIpc) is 2.15. The first-order valence-corrected chi connectivity index (χ1v) is 4.76. The van der Waals surface area contributed by atoms with E-state index in [4.69, 9.17) is 11.6 Å². The van der Waals surface area contributed by atoms with Crippen molar-refractivity contribution in [2.24, 2.45) is 0 Å². The standard InChI is InChI=1S/C10H12ClNO/c1-2-3-4-10(13)8-5-6-12-7-9(8)11/h5-7H,2-4H2,1H3. The molecule has 0 aliphatic heterocycles. The number of carbonyl (C=O) groups excluding carboxylic acids is 1. The second-order valence-electron chi connectivity index (χ2n) is 2.88. The minimum absolute atomic E-state index is 0.106. The molecule has 0 unspecified atom stereocenters. The van der Waals surface area contributed by atoms with Gasteiger partial charge in [0.2, 0.25) is 0 Å². The Kier molecular flexibility index (Phi) is 3.90. The van der Waals surface area contributed by atoms with E-state index in [-0.39, 0.29) is 5.78 Å². The van der Waals surface area contributed by atoms with Gasteiger partial charge in [-0.1, -0.05) is 24.9 Å². The number of rotatable bonds is 4. The maximum atomic E-state index is 11.5. The molecule has 1 aromatic heterocycles. The van der Waals surface area contributed by atoms with Gasteiger partial charge in [-0.25, -0.2) is 0 Å². The lowest BCUT2D eigenvalue weighted by Crippen LogP contribution is -1.99. The monoisotopic (exact) mass is 197 g/mol. The summed E-state index contributed by atoms with van der Waals surface area (Å²) in [6, 6.07) is 1.67. The van der Waals surface area contributed by atoms with Crippen molar-refractivity contribution < 1.29 is 4.79 Å². The first-order valence-electron chi connectivity index (χ1n) is 4.38. The summed E-state index contributed by atoms with van der Waals surface area (Å²) < 4.78 is 0. The van der Waals surface area contributed by atoms with Crippen molar-refractivity contribution in [3.8, 4) is 0 Å². The van der Waals surface area contributed by atoms with E-state index in [0.717, 1.165) is 12.8 Å². The summed E-state index contributed by atoms with van der Waals surface area (Å²) in [5.41, 5.74) is 0.588. The van der Waals surface area contributed by atoms with Gasteiger partial charge in [0.05, 0.1) is 5.02 Å². The van der Waals surface area contributed by atoms with Gasteiger partial charge in [0, 0.05) is 24.4 Å². The predicted octanol–water partition coefficient (Wildman–Crippen LogP) is 3.11. The highest BCUT2D eigenvalue weighted by molar-refractivity contribution is 6.33. The molecule has 3 heteroatoms. The van der Waals surface area contributed by atoms with Gasteiger partial charge in [-0.2, -0.15) is 0 Å². The summed E-state index contributed by atoms with van der Waals surface area (Å²) in [5, 5.41) is 0.448. The lowest BCUT2D eigenvalue weighted by atomic mass is 10.1. The molecule has 0 aliphatic carbocycles. The fourth-order valence-corrected chi connectivity index (χ4v) is 1.30. The number of hydrogen-bond acceptors (Lipinski definition) is 2. The Balaban J connectivity index is 2.71. The van der Waals surface area contributed by atoms with Gasteiger partial charge in [-0.3, -0.25) is 9.78 Å². The van der Waals surface area contributed by atoms with Crippen molar-refractivity contribution in [3.05, 3.63) is 29.0 Å². The lowest BCUT2D eigenvalue weighted by Gasteiger charge is -2.00. The normalized spacial score (nSPS) is 10.0. The van der Waals surface area contributed by atoms with E-state index in [1.807, 2.05) is 0 Å². The molecule has 0 saturated heterocycles. The summed E-state index contributed by atoms with van der Waals surface area (Å²) in [6.45, 7) is 2.06. The number of halogens is 1. The maximum Gasteiger partial charge on any atom is 0.164 e. The van der Waals surface area contributed by atoms with Crippen LogP contribution in [-0.2, 0) is 0 Å². The SMILES string of the molecule is CCCCC(=O)c1ccncc1Cl. The third kappa shape index (κ3) is 2.81. The topological polar surface area (TPSA) is 30.0 Å². The number of pyridine rings is 1. The van der Waals surface area contributed by atoms with Gasteiger partial charge in [0.15, 0.2) is 5.78 Å². The average molecular weight is 198 g/mol. The van der Waals surface area contributed by atoms with Crippen LogP contribution in [0.2, 0.25) is 5.02 Å². The molecule has 0 fully saturated rings. The zero-order chi connectivity index (χ0) is 9.68. The molecule has 1 heterocycles. The molecular formula is C10H12ClNO. The second kappa shape index (κ2) is 4.97. The number of ketones is 1. The predicted molar refractivity (Wildman–Crippen MR) is 53.1 cm³/mol. The highest BCUT2D eigenvalue weighted by Crippen LogP contribution is 2.16. The minimum Gasteiger partial charge on any atom is -0.294 e. The summed E-state index contributed by atoms with van der Waals surface area (Å²) in [6.07, 6.45) is 5.60. The minimum atomic E-state index is 0.106. The van der Waals surface area contributed by atoms with E-state index in [9.17, 15) is 4.79 Å². The van der Waals surface area contributed by atoms with Crippen molar-refractivity contribution in [2.45, 2.75) is 26.2 Å². The van der Waals surface area contributed by atoms with Crippen LogP contribution in [0.15, 0.2) is 18.5 Å².